The third-order valence-electron chi connectivity index (χ3n) is 4.83. The van der Waals surface area contributed by atoms with E-state index >= 15 is 0 Å². The summed E-state index contributed by atoms with van der Waals surface area (Å²) in [7, 11) is 0. The summed E-state index contributed by atoms with van der Waals surface area (Å²) in [6.07, 6.45) is 4.62. The molecule has 1 heterocycles. The zero-order valence-electron chi connectivity index (χ0n) is 16.2. The Balaban J connectivity index is 2.13. The predicted molar refractivity (Wildman–Crippen MR) is 106 cm³/mol. The summed E-state index contributed by atoms with van der Waals surface area (Å²) in [5.41, 5.74) is 7.19. The first-order valence-electron chi connectivity index (χ1n) is 9.64. The van der Waals surface area contributed by atoms with Crippen LogP contribution in [-0.2, 0) is 14.4 Å². The quantitative estimate of drug-likeness (QED) is 0.316. The highest BCUT2D eigenvalue weighted by Gasteiger charge is 2.35. The average Bonchev–Trinajstić information content (AvgIpc) is 2.66. The zero-order chi connectivity index (χ0) is 20.5. The van der Waals surface area contributed by atoms with Crippen molar-refractivity contribution in [2.75, 3.05) is 18.4 Å². The molecule has 8 nitrogen and oxygen atoms in total. The molecule has 0 aliphatic carbocycles. The number of carbonyl (C=O) groups is 4. The van der Waals surface area contributed by atoms with E-state index in [9.17, 15) is 19.2 Å². The van der Waals surface area contributed by atoms with Crippen LogP contribution in [0, 0.1) is 6.92 Å². The molecule has 1 aliphatic heterocycles. The first-order chi connectivity index (χ1) is 13.5. The first-order valence-corrected chi connectivity index (χ1v) is 9.64. The Morgan fingerprint density at radius 3 is 2.71 bits per heavy atom. The van der Waals surface area contributed by atoms with E-state index in [1.165, 1.54) is 0 Å². The molecular formula is C20H28N4O4. The van der Waals surface area contributed by atoms with Crippen LogP contribution in [-0.4, -0.2) is 48.2 Å². The number of unbranched alkanes of at least 4 members (excludes halogenated alkanes) is 3. The molecule has 1 fully saturated rings. The zero-order valence-corrected chi connectivity index (χ0v) is 16.2. The van der Waals surface area contributed by atoms with Gasteiger partial charge in [-0.1, -0.05) is 25.0 Å². The SMILES string of the molecule is Cc1cccc(NCCCCCCN)c1C(=O)N(C=O)C1CCC(=O)NC1=O. The minimum absolute atomic E-state index is 0.0930. The smallest absolute Gasteiger partial charge is 0.263 e. The number of hydrogen-bond acceptors (Lipinski definition) is 6. The van der Waals surface area contributed by atoms with E-state index in [2.05, 4.69) is 10.6 Å². The lowest BCUT2D eigenvalue weighted by atomic mass is 10.0. The Labute approximate surface area is 164 Å². The molecule has 1 unspecified atom stereocenters. The van der Waals surface area contributed by atoms with Crippen LogP contribution in [0.1, 0.15) is 54.4 Å². The third kappa shape index (κ3) is 5.39. The number of imide groups is 2. The minimum Gasteiger partial charge on any atom is -0.384 e. The number of anilines is 1. The van der Waals surface area contributed by atoms with Gasteiger partial charge in [-0.2, -0.15) is 0 Å². The second-order valence-electron chi connectivity index (χ2n) is 6.91. The standard InChI is InChI=1S/C20H28N4O4/c1-14-7-6-8-15(22-12-5-3-2-4-11-21)18(14)20(28)24(13-25)16-9-10-17(26)23-19(16)27/h6-8,13,16,22H,2-5,9-12,21H2,1H3,(H,23,26,27). The van der Waals surface area contributed by atoms with Crippen LogP contribution in [0.15, 0.2) is 18.2 Å². The molecule has 8 heteroatoms. The number of carbonyl (C=O) groups excluding carboxylic acids is 4. The fourth-order valence-electron chi connectivity index (χ4n) is 3.28. The summed E-state index contributed by atoms with van der Waals surface area (Å²) >= 11 is 0. The average molecular weight is 388 g/mol. The van der Waals surface area contributed by atoms with Crippen LogP contribution >= 0.6 is 0 Å². The molecule has 1 atom stereocenters. The Morgan fingerprint density at radius 1 is 1.29 bits per heavy atom. The van der Waals surface area contributed by atoms with E-state index in [1.807, 2.05) is 6.07 Å². The Morgan fingerprint density at radius 2 is 2.04 bits per heavy atom. The number of piperidine rings is 1. The molecule has 0 saturated carbocycles. The van der Waals surface area contributed by atoms with Crippen molar-refractivity contribution in [3.63, 3.8) is 0 Å². The molecule has 0 spiro atoms. The first kappa shape index (κ1) is 21.6. The largest absolute Gasteiger partial charge is 0.384 e. The molecule has 152 valence electrons. The van der Waals surface area contributed by atoms with Crippen molar-refractivity contribution in [1.82, 2.24) is 10.2 Å². The van der Waals surface area contributed by atoms with Crippen molar-refractivity contribution >= 4 is 29.8 Å². The molecular weight excluding hydrogens is 360 g/mol. The molecule has 1 aliphatic rings. The van der Waals surface area contributed by atoms with Crippen LogP contribution < -0.4 is 16.4 Å². The van der Waals surface area contributed by atoms with Crippen LogP contribution in [0.2, 0.25) is 0 Å². The molecule has 4 amide bonds. The molecule has 0 bridgehead atoms. The number of benzene rings is 1. The van der Waals surface area contributed by atoms with Crippen molar-refractivity contribution < 1.29 is 19.2 Å². The number of nitrogens with two attached hydrogens (primary N) is 1. The maximum Gasteiger partial charge on any atom is 0.263 e. The molecule has 4 N–H and O–H groups in total. The monoisotopic (exact) mass is 388 g/mol. The maximum absolute atomic E-state index is 13.1. The fraction of sp³-hybridized carbons (Fsp3) is 0.500. The summed E-state index contributed by atoms with van der Waals surface area (Å²) in [6, 6.07) is 4.42. The molecule has 0 aromatic heterocycles. The highest BCUT2D eigenvalue weighted by atomic mass is 16.2. The van der Waals surface area contributed by atoms with Gasteiger partial charge in [-0.15, -0.1) is 0 Å². The predicted octanol–water partition coefficient (Wildman–Crippen LogP) is 1.33. The van der Waals surface area contributed by atoms with Gasteiger partial charge in [-0.3, -0.25) is 29.4 Å². The minimum atomic E-state index is -0.980. The number of rotatable bonds is 10. The van der Waals surface area contributed by atoms with Crippen molar-refractivity contribution in [1.29, 1.82) is 0 Å². The van der Waals surface area contributed by atoms with Gasteiger partial charge in [-0.05, 0) is 44.4 Å². The lowest BCUT2D eigenvalue weighted by Gasteiger charge is -2.29. The van der Waals surface area contributed by atoms with E-state index in [0.717, 1.165) is 30.6 Å². The normalized spacial score (nSPS) is 16.4. The van der Waals surface area contributed by atoms with Crippen LogP contribution in [0.5, 0.6) is 0 Å². The summed E-state index contributed by atoms with van der Waals surface area (Å²) in [5, 5.41) is 5.45. The molecule has 1 aromatic carbocycles. The van der Waals surface area contributed by atoms with E-state index in [4.69, 9.17) is 5.73 Å². The number of nitrogens with one attached hydrogen (secondary N) is 2. The molecule has 0 radical (unpaired) electrons. The number of nitrogens with zero attached hydrogens (tertiary/aromatic N) is 1. The second-order valence-corrected chi connectivity index (χ2v) is 6.91. The molecule has 1 aromatic rings. The fourth-order valence-corrected chi connectivity index (χ4v) is 3.28. The Bertz CT molecular complexity index is 735. The van der Waals surface area contributed by atoms with Crippen LogP contribution in [0.3, 0.4) is 0 Å². The molecule has 2 rings (SSSR count). The summed E-state index contributed by atoms with van der Waals surface area (Å²) in [5.74, 6) is -1.57. The van der Waals surface area contributed by atoms with Crippen LogP contribution in [0.4, 0.5) is 5.69 Å². The van der Waals surface area contributed by atoms with Gasteiger partial charge in [0.15, 0.2) is 0 Å². The van der Waals surface area contributed by atoms with E-state index in [1.54, 1.807) is 19.1 Å². The number of hydrogen-bond donors (Lipinski definition) is 3. The van der Waals surface area contributed by atoms with E-state index < -0.39 is 23.8 Å². The molecule has 28 heavy (non-hydrogen) atoms. The van der Waals surface area contributed by atoms with Crippen molar-refractivity contribution in [3.8, 4) is 0 Å². The lowest BCUT2D eigenvalue weighted by Crippen LogP contribution is -2.54. The summed E-state index contributed by atoms with van der Waals surface area (Å²) in [4.78, 5) is 49.1. The second kappa shape index (κ2) is 10.6. The highest BCUT2D eigenvalue weighted by Crippen LogP contribution is 2.24. The van der Waals surface area contributed by atoms with Crippen molar-refractivity contribution in [3.05, 3.63) is 29.3 Å². The number of amides is 4. The third-order valence-corrected chi connectivity index (χ3v) is 4.83. The van der Waals surface area contributed by atoms with Gasteiger partial charge in [-0.25, -0.2) is 0 Å². The maximum atomic E-state index is 13.1. The van der Waals surface area contributed by atoms with Gasteiger partial charge in [0, 0.05) is 18.7 Å². The Hall–Kier alpha value is -2.74. The summed E-state index contributed by atoms with van der Waals surface area (Å²) < 4.78 is 0. The van der Waals surface area contributed by atoms with Gasteiger partial charge in [0.1, 0.15) is 6.04 Å². The van der Waals surface area contributed by atoms with Crippen molar-refractivity contribution in [2.45, 2.75) is 51.5 Å². The van der Waals surface area contributed by atoms with Gasteiger partial charge in [0.2, 0.25) is 18.2 Å². The highest BCUT2D eigenvalue weighted by molar-refractivity contribution is 6.09. The summed E-state index contributed by atoms with van der Waals surface area (Å²) in [6.45, 7) is 3.16. The van der Waals surface area contributed by atoms with E-state index in [-0.39, 0.29) is 12.8 Å². The van der Waals surface area contributed by atoms with Crippen molar-refractivity contribution in [2.24, 2.45) is 5.73 Å². The Kier molecular flexibility index (Phi) is 8.13. The van der Waals surface area contributed by atoms with Gasteiger partial charge < -0.3 is 11.1 Å². The number of aryl methyl sites for hydroxylation is 1. The van der Waals surface area contributed by atoms with E-state index in [0.29, 0.717) is 36.3 Å². The van der Waals surface area contributed by atoms with Crippen LogP contribution in [0.25, 0.3) is 0 Å². The lowest BCUT2D eigenvalue weighted by molar-refractivity contribution is -0.139. The van der Waals surface area contributed by atoms with Gasteiger partial charge in [0.25, 0.3) is 5.91 Å². The molecule has 1 saturated heterocycles. The topological polar surface area (TPSA) is 122 Å². The van der Waals surface area contributed by atoms with Gasteiger partial charge in [0.05, 0.1) is 5.56 Å². The van der Waals surface area contributed by atoms with Gasteiger partial charge >= 0.3 is 0 Å².